The maximum absolute atomic E-state index is 10.8. The van der Waals surface area contributed by atoms with Gasteiger partial charge in [0.05, 0.1) is 5.41 Å². The van der Waals surface area contributed by atoms with Crippen molar-refractivity contribution in [3.8, 4) is 0 Å². The molecule has 1 fully saturated rings. The Morgan fingerprint density at radius 2 is 1.85 bits per heavy atom. The van der Waals surface area contributed by atoms with Gasteiger partial charge in [0.15, 0.2) is 0 Å². The van der Waals surface area contributed by atoms with Gasteiger partial charge in [0.1, 0.15) is 22.9 Å². The van der Waals surface area contributed by atoms with Gasteiger partial charge in [-0.15, -0.1) is 0 Å². The lowest BCUT2D eigenvalue weighted by molar-refractivity contribution is -0.109. The molecule has 0 atom stereocenters. The summed E-state index contributed by atoms with van der Waals surface area (Å²) in [4.78, 5) is 18.4. The molecule has 5 heteroatoms. The van der Waals surface area contributed by atoms with Gasteiger partial charge in [0, 0.05) is 5.56 Å². The highest BCUT2D eigenvalue weighted by Crippen LogP contribution is 2.50. The summed E-state index contributed by atoms with van der Waals surface area (Å²) < 4.78 is 0. The summed E-state index contributed by atoms with van der Waals surface area (Å²) in [5.41, 5.74) is 0.0726. The highest BCUT2D eigenvalue weighted by atomic mass is 35.5. The van der Waals surface area contributed by atoms with Gasteiger partial charge in [-0.25, -0.2) is 9.97 Å². The van der Waals surface area contributed by atoms with E-state index in [1.54, 1.807) is 0 Å². The van der Waals surface area contributed by atoms with Gasteiger partial charge in [-0.1, -0.05) is 23.2 Å². The number of halogens is 2. The van der Waals surface area contributed by atoms with Crippen LogP contribution in [0.1, 0.15) is 18.4 Å². The fourth-order valence-electron chi connectivity index (χ4n) is 1.32. The highest BCUT2D eigenvalue weighted by Gasteiger charge is 2.47. The molecule has 0 bridgehead atoms. The van der Waals surface area contributed by atoms with Crippen molar-refractivity contribution in [2.24, 2.45) is 0 Å². The van der Waals surface area contributed by atoms with Crippen molar-refractivity contribution < 1.29 is 4.79 Å². The molecule has 13 heavy (non-hydrogen) atoms. The summed E-state index contributed by atoms with van der Waals surface area (Å²) >= 11 is 11.7. The number of nitrogens with zero attached hydrogens (tertiary/aromatic N) is 2. The van der Waals surface area contributed by atoms with Gasteiger partial charge in [0.25, 0.3) is 0 Å². The first-order valence-corrected chi connectivity index (χ1v) is 4.58. The van der Waals surface area contributed by atoms with E-state index in [1.165, 1.54) is 6.33 Å². The summed E-state index contributed by atoms with van der Waals surface area (Å²) in [5, 5.41) is 0.564. The predicted molar refractivity (Wildman–Crippen MR) is 49.0 cm³/mol. The van der Waals surface area contributed by atoms with E-state index in [1.807, 2.05) is 0 Å². The Labute approximate surface area is 85.1 Å². The van der Waals surface area contributed by atoms with E-state index in [0.717, 1.165) is 19.1 Å². The number of aromatic nitrogens is 2. The normalized spacial score (nSPS) is 18.3. The van der Waals surface area contributed by atoms with Gasteiger partial charge in [-0.3, -0.25) is 0 Å². The first-order chi connectivity index (χ1) is 6.19. The number of carbonyl (C=O) groups excluding carboxylic acids is 1. The minimum absolute atomic E-state index is 0.282. The number of hydrogen-bond acceptors (Lipinski definition) is 3. The fraction of sp³-hybridized carbons (Fsp3) is 0.375. The summed E-state index contributed by atoms with van der Waals surface area (Å²) in [7, 11) is 0. The van der Waals surface area contributed by atoms with E-state index in [0.29, 0.717) is 5.56 Å². The second-order valence-corrected chi connectivity index (χ2v) is 3.82. The maximum atomic E-state index is 10.8. The molecule has 3 nitrogen and oxygen atoms in total. The van der Waals surface area contributed by atoms with Crippen LogP contribution in [-0.4, -0.2) is 16.3 Å². The topological polar surface area (TPSA) is 42.9 Å². The Balaban J connectivity index is 2.56. The second kappa shape index (κ2) is 2.93. The van der Waals surface area contributed by atoms with Crippen LogP contribution in [0.25, 0.3) is 0 Å². The quantitative estimate of drug-likeness (QED) is 0.562. The fourth-order valence-corrected chi connectivity index (χ4v) is 2.01. The molecule has 0 aliphatic heterocycles. The lowest BCUT2D eigenvalue weighted by Gasteiger charge is -2.09. The average molecular weight is 217 g/mol. The van der Waals surface area contributed by atoms with E-state index in [2.05, 4.69) is 9.97 Å². The summed E-state index contributed by atoms with van der Waals surface area (Å²) in [6.45, 7) is 0. The Hall–Kier alpha value is -0.670. The van der Waals surface area contributed by atoms with E-state index >= 15 is 0 Å². The van der Waals surface area contributed by atoms with Gasteiger partial charge >= 0.3 is 0 Å². The molecule has 68 valence electrons. The van der Waals surface area contributed by atoms with Crippen molar-refractivity contribution in [1.82, 2.24) is 9.97 Å². The van der Waals surface area contributed by atoms with Crippen LogP contribution < -0.4 is 0 Å². The molecule has 0 spiro atoms. The third-order valence-corrected chi connectivity index (χ3v) is 2.84. The number of aldehydes is 1. The molecule has 0 unspecified atom stereocenters. The standard InChI is InChI=1S/C8H6Cl2N2O/c9-6-5(7(10)12-4-11-6)8(3-13)1-2-8/h3-4H,1-2H2. The van der Waals surface area contributed by atoms with Crippen molar-refractivity contribution in [2.45, 2.75) is 18.3 Å². The van der Waals surface area contributed by atoms with Crippen LogP contribution >= 0.6 is 23.2 Å². The van der Waals surface area contributed by atoms with Crippen molar-refractivity contribution in [3.63, 3.8) is 0 Å². The van der Waals surface area contributed by atoms with Crippen LogP contribution in [0, 0.1) is 0 Å². The predicted octanol–water partition coefficient (Wildman–Crippen LogP) is 2.01. The Morgan fingerprint density at radius 3 is 2.23 bits per heavy atom. The lowest BCUT2D eigenvalue weighted by atomic mass is 10.0. The molecule has 0 radical (unpaired) electrons. The third-order valence-electron chi connectivity index (χ3n) is 2.27. The average Bonchev–Trinajstić information content (AvgIpc) is 2.85. The number of carbonyl (C=O) groups is 1. The van der Waals surface area contributed by atoms with Gasteiger partial charge in [-0.05, 0) is 12.8 Å². The van der Waals surface area contributed by atoms with Crippen LogP contribution in [0.5, 0.6) is 0 Å². The van der Waals surface area contributed by atoms with E-state index < -0.39 is 5.41 Å². The van der Waals surface area contributed by atoms with E-state index in [-0.39, 0.29) is 10.3 Å². The second-order valence-electron chi connectivity index (χ2n) is 3.10. The minimum Gasteiger partial charge on any atom is -0.302 e. The highest BCUT2D eigenvalue weighted by molar-refractivity contribution is 6.35. The summed E-state index contributed by atoms with van der Waals surface area (Å²) in [6.07, 6.45) is 3.73. The van der Waals surface area contributed by atoms with E-state index in [4.69, 9.17) is 23.2 Å². The van der Waals surface area contributed by atoms with Crippen molar-refractivity contribution >= 4 is 29.5 Å². The van der Waals surface area contributed by atoms with Crippen LogP contribution in [0.3, 0.4) is 0 Å². The minimum atomic E-state index is -0.505. The Bertz CT molecular complexity index is 343. The monoisotopic (exact) mass is 216 g/mol. The molecule has 1 heterocycles. The summed E-state index contributed by atoms with van der Waals surface area (Å²) in [6, 6.07) is 0. The molecular weight excluding hydrogens is 211 g/mol. The van der Waals surface area contributed by atoms with Crippen LogP contribution in [0.2, 0.25) is 10.3 Å². The SMILES string of the molecule is O=CC1(c2c(Cl)ncnc2Cl)CC1. The molecular formula is C8H6Cl2N2O. The largest absolute Gasteiger partial charge is 0.302 e. The Kier molecular flexibility index (Phi) is 2.00. The van der Waals surface area contributed by atoms with E-state index in [9.17, 15) is 4.79 Å². The van der Waals surface area contributed by atoms with Gasteiger partial charge in [0.2, 0.25) is 0 Å². The molecule has 0 N–H and O–H groups in total. The molecule has 2 rings (SSSR count). The molecule has 1 aromatic heterocycles. The van der Waals surface area contributed by atoms with Gasteiger partial charge < -0.3 is 4.79 Å². The first kappa shape index (κ1) is 8.91. The third kappa shape index (κ3) is 1.32. The van der Waals surface area contributed by atoms with Gasteiger partial charge in [-0.2, -0.15) is 0 Å². The van der Waals surface area contributed by atoms with Crippen molar-refractivity contribution in [2.75, 3.05) is 0 Å². The molecule has 0 aromatic carbocycles. The van der Waals surface area contributed by atoms with Crippen molar-refractivity contribution in [1.29, 1.82) is 0 Å². The zero-order chi connectivity index (χ0) is 9.47. The lowest BCUT2D eigenvalue weighted by Crippen LogP contribution is -2.11. The smallest absolute Gasteiger partial charge is 0.138 e. The van der Waals surface area contributed by atoms with Crippen LogP contribution in [-0.2, 0) is 10.2 Å². The molecule has 0 saturated heterocycles. The zero-order valence-electron chi connectivity index (χ0n) is 6.63. The van der Waals surface area contributed by atoms with Crippen molar-refractivity contribution in [3.05, 3.63) is 22.2 Å². The first-order valence-electron chi connectivity index (χ1n) is 3.82. The molecule has 1 aliphatic rings. The molecule has 1 aromatic rings. The molecule has 1 aliphatic carbocycles. The van der Waals surface area contributed by atoms with Crippen LogP contribution in [0.4, 0.5) is 0 Å². The number of rotatable bonds is 2. The van der Waals surface area contributed by atoms with Crippen LogP contribution in [0.15, 0.2) is 6.33 Å². The summed E-state index contributed by atoms with van der Waals surface area (Å²) in [5.74, 6) is 0. The zero-order valence-corrected chi connectivity index (χ0v) is 8.14. The number of hydrogen-bond donors (Lipinski definition) is 0. The maximum Gasteiger partial charge on any atom is 0.138 e. The molecule has 1 saturated carbocycles. The molecule has 0 amide bonds. The Morgan fingerprint density at radius 1 is 1.31 bits per heavy atom.